The Kier molecular flexibility index (Phi) is 8.04. The smallest absolute Gasteiger partial charge is 0.374 e. The van der Waals surface area contributed by atoms with E-state index in [9.17, 15) is 27.1 Å². The maximum absolute atomic E-state index is 14.8. The molecule has 1 aromatic heterocycles. The van der Waals surface area contributed by atoms with E-state index < -0.39 is 44.4 Å². The number of rotatable bonds is 7. The number of aliphatic hydroxyl groups is 1. The predicted molar refractivity (Wildman–Crippen MR) is 126 cm³/mol. The third kappa shape index (κ3) is 6.25. The van der Waals surface area contributed by atoms with E-state index in [2.05, 4.69) is 15.5 Å². The molecule has 0 bridgehead atoms. The number of aryl methyl sites for hydroxylation is 1. The van der Waals surface area contributed by atoms with Crippen molar-refractivity contribution in [3.05, 3.63) is 81.0 Å². The predicted octanol–water partition coefficient (Wildman–Crippen LogP) is 6.28. The molecule has 0 aliphatic rings. The van der Waals surface area contributed by atoms with Crippen LogP contribution < -0.4 is 5.32 Å². The van der Waals surface area contributed by atoms with Crippen molar-refractivity contribution >= 4 is 42.8 Å². The summed E-state index contributed by atoms with van der Waals surface area (Å²) in [6.07, 6.45) is -6.46. The molecule has 0 amide bonds. The van der Waals surface area contributed by atoms with Crippen LogP contribution in [0.2, 0.25) is 10.0 Å². The number of hydrogen-bond donors (Lipinski definition) is 3. The summed E-state index contributed by atoms with van der Waals surface area (Å²) in [5, 5.41) is 20.2. The van der Waals surface area contributed by atoms with E-state index in [1.54, 1.807) is 0 Å². The minimum absolute atomic E-state index is 0.145. The summed E-state index contributed by atoms with van der Waals surface area (Å²) in [6, 6.07) is 8.64. The molecule has 2 unspecified atom stereocenters. The largest absolute Gasteiger partial charge is 0.416 e. The fourth-order valence-corrected chi connectivity index (χ4v) is 5.79. The fourth-order valence-electron chi connectivity index (χ4n) is 3.10. The Balaban J connectivity index is 1.95. The molecular weight excluding hydrogens is 554 g/mol. The second-order valence-corrected chi connectivity index (χ2v) is 11.8. The van der Waals surface area contributed by atoms with Crippen molar-refractivity contribution in [2.45, 2.75) is 35.2 Å². The van der Waals surface area contributed by atoms with Crippen LogP contribution in [0.4, 0.5) is 22.0 Å². The van der Waals surface area contributed by atoms with Crippen LogP contribution in [0.3, 0.4) is 0 Å². The van der Waals surface area contributed by atoms with E-state index >= 15 is 0 Å². The van der Waals surface area contributed by atoms with Crippen molar-refractivity contribution in [2.24, 2.45) is 0 Å². The second kappa shape index (κ2) is 10.2. The van der Waals surface area contributed by atoms with Crippen molar-refractivity contribution in [3.63, 3.8) is 0 Å². The van der Waals surface area contributed by atoms with Gasteiger partial charge in [0.15, 0.2) is 0 Å². The minimum atomic E-state index is -4.67. The van der Waals surface area contributed by atoms with Gasteiger partial charge in [0, 0.05) is 21.0 Å². The van der Waals surface area contributed by atoms with Gasteiger partial charge in [-0.05, 0) is 62.9 Å². The average Bonchev–Trinajstić information content (AvgIpc) is 2.76. The lowest BCUT2D eigenvalue weighted by Crippen LogP contribution is -2.34. The lowest BCUT2D eigenvalue weighted by Gasteiger charge is -2.23. The SMILES string of the molecule is Cc1cc(C(O)NCC(F)(F)c2ccc(Cl)cc2Cl)c(S(=N)(=S)c2cccc(C(F)(F)F)c2)nn1. The highest BCUT2D eigenvalue weighted by molar-refractivity contribution is 8.33. The maximum Gasteiger partial charge on any atom is 0.416 e. The molecule has 14 heteroatoms. The highest BCUT2D eigenvalue weighted by Gasteiger charge is 2.35. The molecule has 188 valence electrons. The van der Waals surface area contributed by atoms with Gasteiger partial charge in [0.05, 0.1) is 22.8 Å². The zero-order valence-electron chi connectivity index (χ0n) is 17.7. The molecule has 0 fully saturated rings. The molecule has 2 aromatic carbocycles. The summed E-state index contributed by atoms with van der Waals surface area (Å²) < 4.78 is 77.7. The van der Waals surface area contributed by atoms with Crippen LogP contribution in [-0.2, 0) is 31.7 Å². The van der Waals surface area contributed by atoms with Gasteiger partial charge < -0.3 is 5.11 Å². The first-order valence-electron chi connectivity index (χ1n) is 9.68. The topological polar surface area (TPSA) is 81.9 Å². The van der Waals surface area contributed by atoms with Crippen LogP contribution in [0.1, 0.15) is 28.6 Å². The standard InChI is InChI=1S/C21H17Cl2F5N4OS2/c1-11-7-15(18(33)30-10-20(24,25)16-6-5-13(22)9-17(16)23)19(32-31-11)35(29,34)14-4-2-3-12(8-14)21(26,27)28/h2-9,18,29-30,33H,10H2,1H3. The fraction of sp³-hybridized carbons (Fsp3) is 0.238. The molecule has 0 spiro atoms. The Bertz CT molecular complexity index is 1350. The van der Waals surface area contributed by atoms with Crippen molar-refractivity contribution in [2.75, 3.05) is 6.54 Å². The Hall–Kier alpha value is -1.96. The molecule has 0 aliphatic carbocycles. The van der Waals surface area contributed by atoms with Crippen LogP contribution in [0.5, 0.6) is 0 Å². The van der Waals surface area contributed by atoms with Crippen LogP contribution in [0.25, 0.3) is 0 Å². The lowest BCUT2D eigenvalue weighted by molar-refractivity contribution is -0.137. The Morgan fingerprint density at radius 3 is 2.40 bits per heavy atom. The van der Waals surface area contributed by atoms with E-state index in [1.807, 2.05) is 0 Å². The van der Waals surface area contributed by atoms with E-state index in [-0.39, 0.29) is 31.2 Å². The molecule has 0 aliphatic heterocycles. The number of alkyl halides is 5. The summed E-state index contributed by atoms with van der Waals surface area (Å²) >= 11 is 17.0. The molecule has 3 rings (SSSR count). The number of aliphatic hydroxyl groups excluding tert-OH is 1. The molecular formula is C21H17Cl2F5N4OS2. The Morgan fingerprint density at radius 1 is 1.09 bits per heavy atom. The Morgan fingerprint density at radius 2 is 1.77 bits per heavy atom. The summed E-state index contributed by atoms with van der Waals surface area (Å²) in [5.74, 6) is -3.53. The maximum atomic E-state index is 14.8. The monoisotopic (exact) mass is 570 g/mol. The molecule has 3 N–H and O–H groups in total. The molecule has 3 aromatic rings. The first-order chi connectivity index (χ1) is 16.1. The highest BCUT2D eigenvalue weighted by Crippen LogP contribution is 2.36. The molecule has 5 nitrogen and oxygen atoms in total. The van der Waals surface area contributed by atoms with Gasteiger partial charge in [-0.25, -0.2) is 0 Å². The summed E-state index contributed by atoms with van der Waals surface area (Å²) in [6.45, 7) is 0.432. The van der Waals surface area contributed by atoms with Gasteiger partial charge in [-0.15, -0.1) is 5.10 Å². The van der Waals surface area contributed by atoms with Crippen LogP contribution >= 0.6 is 23.2 Å². The number of halogens is 7. The number of aromatic nitrogens is 2. The van der Waals surface area contributed by atoms with Crippen molar-refractivity contribution < 1.29 is 27.1 Å². The minimum Gasteiger partial charge on any atom is -0.374 e. The van der Waals surface area contributed by atoms with Crippen molar-refractivity contribution in [3.8, 4) is 0 Å². The van der Waals surface area contributed by atoms with Gasteiger partial charge in [-0.2, -0.15) is 27.1 Å². The molecule has 2 atom stereocenters. The van der Waals surface area contributed by atoms with Gasteiger partial charge in [0.25, 0.3) is 5.92 Å². The molecule has 1 heterocycles. The van der Waals surface area contributed by atoms with E-state index in [4.69, 9.17) is 39.2 Å². The third-order valence-electron chi connectivity index (χ3n) is 4.81. The zero-order chi connectivity index (χ0) is 26.2. The summed E-state index contributed by atoms with van der Waals surface area (Å²) in [5.41, 5.74) is -1.41. The highest BCUT2D eigenvalue weighted by atomic mass is 35.5. The van der Waals surface area contributed by atoms with Crippen LogP contribution in [-0.4, -0.2) is 21.8 Å². The first kappa shape index (κ1) is 27.6. The number of hydrogen-bond acceptors (Lipinski definition) is 6. The Labute approximate surface area is 212 Å². The third-order valence-corrected chi connectivity index (χ3v) is 8.19. The average molecular weight is 571 g/mol. The van der Waals surface area contributed by atoms with Crippen molar-refractivity contribution in [1.82, 2.24) is 15.5 Å². The van der Waals surface area contributed by atoms with E-state index in [0.29, 0.717) is 0 Å². The number of nitrogens with one attached hydrogen (secondary N) is 2. The first-order valence-corrected chi connectivity index (χ1v) is 13.0. The molecule has 0 saturated carbocycles. The van der Waals surface area contributed by atoms with Gasteiger partial charge >= 0.3 is 6.18 Å². The normalized spacial score (nSPS) is 15.0. The van der Waals surface area contributed by atoms with Gasteiger partial charge in [-0.3, -0.25) is 10.1 Å². The van der Waals surface area contributed by atoms with Crippen LogP contribution in [0.15, 0.2) is 58.5 Å². The van der Waals surface area contributed by atoms with Gasteiger partial charge in [0.1, 0.15) is 11.3 Å². The summed E-state index contributed by atoms with van der Waals surface area (Å²) in [4.78, 5) is -0.174. The zero-order valence-corrected chi connectivity index (χ0v) is 20.9. The quantitative estimate of drug-likeness (QED) is 0.230. The van der Waals surface area contributed by atoms with E-state index in [1.165, 1.54) is 25.1 Å². The lowest BCUT2D eigenvalue weighted by atomic mass is 10.1. The molecule has 0 saturated heterocycles. The van der Waals surface area contributed by atoms with E-state index in [0.717, 1.165) is 30.3 Å². The number of benzene rings is 2. The second-order valence-electron chi connectivity index (χ2n) is 7.44. The molecule has 35 heavy (non-hydrogen) atoms. The molecule has 0 radical (unpaired) electrons. The van der Waals surface area contributed by atoms with Gasteiger partial charge in [0.2, 0.25) is 0 Å². The number of nitrogens with zero attached hydrogens (tertiary/aromatic N) is 2. The van der Waals surface area contributed by atoms with Crippen molar-refractivity contribution in [1.29, 1.82) is 4.78 Å². The van der Waals surface area contributed by atoms with Crippen LogP contribution in [0, 0.1) is 11.7 Å². The summed E-state index contributed by atoms with van der Waals surface area (Å²) in [7, 11) is -3.40. The van der Waals surface area contributed by atoms with Gasteiger partial charge in [-0.1, -0.05) is 35.3 Å².